The summed E-state index contributed by atoms with van der Waals surface area (Å²) in [6.45, 7) is 0. The summed E-state index contributed by atoms with van der Waals surface area (Å²) in [5.41, 5.74) is 1.19. The monoisotopic (exact) mass is 189 g/mol. The van der Waals surface area contributed by atoms with Gasteiger partial charge in [0.1, 0.15) is 5.75 Å². The van der Waals surface area contributed by atoms with Gasteiger partial charge in [-0.25, -0.2) is 0 Å². The van der Waals surface area contributed by atoms with Crippen molar-refractivity contribution in [3.63, 3.8) is 0 Å². The van der Waals surface area contributed by atoms with Crippen molar-refractivity contribution in [1.29, 1.82) is 0 Å². The molecule has 1 heterocycles. The second-order valence-electron chi connectivity index (χ2n) is 2.65. The van der Waals surface area contributed by atoms with Gasteiger partial charge < -0.3 is 4.74 Å². The highest BCUT2D eigenvalue weighted by molar-refractivity contribution is 7.13. The maximum absolute atomic E-state index is 5.15. The smallest absolute Gasteiger partial charge is 0.119 e. The third kappa shape index (κ3) is 1.73. The highest BCUT2D eigenvalue weighted by atomic mass is 32.1. The lowest BCUT2D eigenvalue weighted by molar-refractivity contribution is 0.415. The maximum Gasteiger partial charge on any atom is 0.119 e. The molecule has 1 nitrogen and oxygen atoms in total. The van der Waals surface area contributed by atoms with Crippen molar-refractivity contribution in [1.82, 2.24) is 0 Å². The second kappa shape index (κ2) is 3.62. The van der Waals surface area contributed by atoms with E-state index in [0.717, 1.165) is 5.75 Å². The SMILES string of the molecule is COc1cccc(-c2cc[c]s2)c1. The minimum Gasteiger partial charge on any atom is -0.497 e. The Kier molecular flexibility index (Phi) is 2.32. The normalized spacial score (nSPS) is 9.92. The van der Waals surface area contributed by atoms with E-state index in [0.29, 0.717) is 0 Å². The van der Waals surface area contributed by atoms with E-state index < -0.39 is 0 Å². The minimum absolute atomic E-state index is 0.894. The molecule has 0 fully saturated rings. The lowest BCUT2D eigenvalue weighted by Gasteiger charge is -2.01. The molecular formula is C11H9OS. The third-order valence-corrected chi connectivity index (χ3v) is 2.67. The molecule has 0 N–H and O–H groups in total. The van der Waals surface area contributed by atoms with E-state index in [4.69, 9.17) is 4.74 Å². The Labute approximate surface area is 81.6 Å². The summed E-state index contributed by atoms with van der Waals surface area (Å²) in [7, 11) is 1.68. The molecule has 0 bridgehead atoms. The van der Waals surface area contributed by atoms with Crippen LogP contribution in [0.3, 0.4) is 0 Å². The van der Waals surface area contributed by atoms with Gasteiger partial charge >= 0.3 is 0 Å². The Bertz CT molecular complexity index is 379. The van der Waals surface area contributed by atoms with Crippen molar-refractivity contribution in [3.8, 4) is 16.2 Å². The van der Waals surface area contributed by atoms with Crippen LogP contribution in [-0.2, 0) is 0 Å². The van der Waals surface area contributed by atoms with Crippen LogP contribution in [0.5, 0.6) is 5.75 Å². The number of hydrogen-bond acceptors (Lipinski definition) is 2. The fraction of sp³-hybridized carbons (Fsp3) is 0.0909. The fourth-order valence-corrected chi connectivity index (χ4v) is 1.82. The average Bonchev–Trinajstić information content (AvgIpc) is 2.71. The Hall–Kier alpha value is -1.28. The van der Waals surface area contributed by atoms with Gasteiger partial charge in [0.15, 0.2) is 0 Å². The fourth-order valence-electron chi connectivity index (χ4n) is 1.17. The first-order chi connectivity index (χ1) is 6.40. The van der Waals surface area contributed by atoms with Crippen LogP contribution in [0.2, 0.25) is 0 Å². The third-order valence-electron chi connectivity index (χ3n) is 1.83. The Morgan fingerprint density at radius 3 is 2.92 bits per heavy atom. The molecule has 0 atom stereocenters. The number of rotatable bonds is 2. The highest BCUT2D eigenvalue weighted by Crippen LogP contribution is 2.26. The van der Waals surface area contributed by atoms with Gasteiger partial charge in [0, 0.05) is 10.3 Å². The summed E-state index contributed by atoms with van der Waals surface area (Å²) in [6, 6.07) is 12.0. The van der Waals surface area contributed by atoms with Gasteiger partial charge in [0.05, 0.1) is 7.11 Å². The van der Waals surface area contributed by atoms with Crippen LogP contribution in [0.1, 0.15) is 0 Å². The van der Waals surface area contributed by atoms with Crippen LogP contribution in [0.25, 0.3) is 10.4 Å². The zero-order valence-corrected chi connectivity index (χ0v) is 8.10. The van der Waals surface area contributed by atoms with Crippen LogP contribution in [-0.4, -0.2) is 7.11 Å². The van der Waals surface area contributed by atoms with E-state index in [1.807, 2.05) is 24.3 Å². The predicted octanol–water partition coefficient (Wildman–Crippen LogP) is 3.22. The Morgan fingerprint density at radius 2 is 2.23 bits per heavy atom. The molecule has 0 aliphatic heterocycles. The molecule has 2 heteroatoms. The first kappa shape index (κ1) is 8.32. The molecule has 1 aromatic heterocycles. The van der Waals surface area contributed by atoms with Gasteiger partial charge in [-0.3, -0.25) is 0 Å². The molecule has 0 spiro atoms. The van der Waals surface area contributed by atoms with Crippen LogP contribution in [0, 0.1) is 5.38 Å². The van der Waals surface area contributed by atoms with Gasteiger partial charge in [-0.2, -0.15) is 0 Å². The van der Waals surface area contributed by atoms with Crippen LogP contribution in [0.15, 0.2) is 36.4 Å². The molecule has 0 aliphatic carbocycles. The van der Waals surface area contributed by atoms with Crippen LogP contribution >= 0.6 is 11.3 Å². The molecular weight excluding hydrogens is 180 g/mol. The molecule has 65 valence electrons. The molecule has 0 saturated heterocycles. The molecule has 13 heavy (non-hydrogen) atoms. The molecule has 1 aromatic carbocycles. The molecule has 1 radical (unpaired) electrons. The van der Waals surface area contributed by atoms with E-state index in [2.05, 4.69) is 17.5 Å². The van der Waals surface area contributed by atoms with E-state index in [-0.39, 0.29) is 0 Å². The number of hydrogen-bond donors (Lipinski definition) is 0. The number of methoxy groups -OCH3 is 1. The summed E-state index contributed by atoms with van der Waals surface area (Å²) in [6.07, 6.45) is 0. The summed E-state index contributed by atoms with van der Waals surface area (Å²) in [4.78, 5) is 1.22. The zero-order chi connectivity index (χ0) is 9.10. The van der Waals surface area contributed by atoms with Crippen molar-refractivity contribution in [2.24, 2.45) is 0 Å². The average molecular weight is 189 g/mol. The van der Waals surface area contributed by atoms with E-state index in [1.54, 1.807) is 18.4 Å². The van der Waals surface area contributed by atoms with Crippen molar-refractivity contribution in [2.75, 3.05) is 7.11 Å². The first-order valence-corrected chi connectivity index (χ1v) is 4.82. The lowest BCUT2D eigenvalue weighted by atomic mass is 10.2. The van der Waals surface area contributed by atoms with E-state index in [9.17, 15) is 0 Å². The van der Waals surface area contributed by atoms with Gasteiger partial charge in [-0.15, -0.1) is 11.3 Å². The zero-order valence-electron chi connectivity index (χ0n) is 7.28. The number of thiophene rings is 1. The van der Waals surface area contributed by atoms with Gasteiger partial charge in [-0.05, 0) is 29.8 Å². The Balaban J connectivity index is 2.41. The minimum atomic E-state index is 0.894. The van der Waals surface area contributed by atoms with Crippen LogP contribution < -0.4 is 4.74 Å². The summed E-state index contributed by atoms with van der Waals surface area (Å²) in [5, 5.41) is 3.07. The molecule has 0 amide bonds. The topological polar surface area (TPSA) is 9.23 Å². The first-order valence-electron chi connectivity index (χ1n) is 4.00. The maximum atomic E-state index is 5.15. The lowest BCUT2D eigenvalue weighted by Crippen LogP contribution is -1.81. The Morgan fingerprint density at radius 1 is 1.31 bits per heavy atom. The molecule has 0 unspecified atom stereocenters. The van der Waals surface area contributed by atoms with Crippen molar-refractivity contribution >= 4 is 11.3 Å². The van der Waals surface area contributed by atoms with Gasteiger partial charge in [-0.1, -0.05) is 12.1 Å². The molecule has 2 rings (SSSR count). The van der Waals surface area contributed by atoms with E-state index >= 15 is 0 Å². The quantitative estimate of drug-likeness (QED) is 0.704. The van der Waals surface area contributed by atoms with Crippen LogP contribution in [0.4, 0.5) is 0 Å². The highest BCUT2D eigenvalue weighted by Gasteiger charge is 1.99. The van der Waals surface area contributed by atoms with E-state index in [1.165, 1.54) is 10.4 Å². The van der Waals surface area contributed by atoms with Crippen molar-refractivity contribution in [2.45, 2.75) is 0 Å². The summed E-state index contributed by atoms with van der Waals surface area (Å²) in [5.74, 6) is 0.894. The molecule has 0 saturated carbocycles. The molecule has 2 aromatic rings. The van der Waals surface area contributed by atoms with Gasteiger partial charge in [0.25, 0.3) is 0 Å². The van der Waals surface area contributed by atoms with Crippen molar-refractivity contribution in [3.05, 3.63) is 41.8 Å². The number of ether oxygens (including phenoxy) is 1. The summed E-state index contributed by atoms with van der Waals surface area (Å²) < 4.78 is 5.15. The van der Waals surface area contributed by atoms with Gasteiger partial charge in [0.2, 0.25) is 0 Å². The second-order valence-corrected chi connectivity index (χ2v) is 3.53. The largest absolute Gasteiger partial charge is 0.497 e. The predicted molar refractivity (Wildman–Crippen MR) is 55.1 cm³/mol. The standard InChI is InChI=1S/C11H9OS/c1-12-10-5-2-4-9(8-10)11-6-3-7-13-11/h2-6,8H,1H3. The number of benzene rings is 1. The van der Waals surface area contributed by atoms with Crippen molar-refractivity contribution < 1.29 is 4.74 Å². The summed E-state index contributed by atoms with van der Waals surface area (Å²) >= 11 is 1.61. The molecule has 0 aliphatic rings.